The van der Waals surface area contributed by atoms with Gasteiger partial charge in [0.15, 0.2) is 0 Å². The summed E-state index contributed by atoms with van der Waals surface area (Å²) < 4.78 is 0. The molecule has 0 aromatic heterocycles. The summed E-state index contributed by atoms with van der Waals surface area (Å²) >= 11 is 0. The molecule has 3 nitrogen and oxygen atoms in total. The molecule has 1 unspecified atom stereocenters. The summed E-state index contributed by atoms with van der Waals surface area (Å²) in [6, 6.07) is 11.3. The maximum atomic E-state index is 10.0. The summed E-state index contributed by atoms with van der Waals surface area (Å²) in [6.45, 7) is 4.12. The zero-order valence-corrected chi connectivity index (χ0v) is 12.3. The molecule has 1 fully saturated rings. The lowest BCUT2D eigenvalue weighted by molar-refractivity contribution is 0.0659. The first-order valence-electron chi connectivity index (χ1n) is 7.69. The second-order valence-corrected chi connectivity index (χ2v) is 6.13. The average molecular weight is 269 g/mol. The molecule has 0 bridgehead atoms. The van der Waals surface area contributed by atoms with Crippen LogP contribution < -0.4 is 0 Å². The Balaban J connectivity index is 2.01. The monoisotopic (exact) mass is 269 g/mol. The van der Waals surface area contributed by atoms with Crippen molar-refractivity contribution in [3.63, 3.8) is 0 Å². The van der Waals surface area contributed by atoms with E-state index in [2.05, 4.69) is 47.2 Å². The van der Waals surface area contributed by atoms with Crippen LogP contribution in [0.15, 0.2) is 24.3 Å². The molecule has 1 saturated heterocycles. The molecular weight excluding hydrogens is 246 g/mol. The minimum absolute atomic E-state index is 0.394. The molecule has 3 rings (SSSR count). The van der Waals surface area contributed by atoms with Crippen molar-refractivity contribution in [3.8, 4) is 6.07 Å². The molecule has 0 radical (unpaired) electrons. The first-order chi connectivity index (χ1) is 9.76. The number of aryl methyl sites for hydroxylation is 1. The number of piperazine rings is 1. The molecule has 1 atom stereocenters. The molecule has 1 aliphatic heterocycles. The van der Waals surface area contributed by atoms with E-state index in [1.54, 1.807) is 0 Å². The van der Waals surface area contributed by atoms with Crippen molar-refractivity contribution >= 4 is 0 Å². The van der Waals surface area contributed by atoms with Crippen LogP contribution >= 0.6 is 0 Å². The Labute approximate surface area is 121 Å². The highest BCUT2D eigenvalue weighted by atomic mass is 15.3. The number of hydrogen-bond acceptors (Lipinski definition) is 3. The number of benzene rings is 1. The second kappa shape index (κ2) is 5.55. The summed E-state index contributed by atoms with van der Waals surface area (Å²) in [5, 5.41) is 10.0. The zero-order valence-electron chi connectivity index (χ0n) is 12.3. The molecule has 2 aliphatic rings. The van der Waals surface area contributed by atoms with Crippen LogP contribution in [0.25, 0.3) is 0 Å². The number of likely N-dealkylation sites (N-methyl/N-ethyl adjacent to an activating group) is 1. The van der Waals surface area contributed by atoms with E-state index in [0.29, 0.717) is 0 Å². The quantitative estimate of drug-likeness (QED) is 0.733. The Hall–Kier alpha value is -1.37. The molecule has 1 heterocycles. The second-order valence-electron chi connectivity index (χ2n) is 6.13. The van der Waals surface area contributed by atoms with E-state index >= 15 is 0 Å². The van der Waals surface area contributed by atoms with E-state index < -0.39 is 5.54 Å². The fourth-order valence-electron chi connectivity index (χ4n) is 3.68. The Morgan fingerprint density at radius 2 is 1.85 bits per heavy atom. The van der Waals surface area contributed by atoms with E-state index in [1.807, 2.05) is 0 Å². The molecule has 0 N–H and O–H groups in total. The van der Waals surface area contributed by atoms with Gasteiger partial charge in [-0.2, -0.15) is 5.26 Å². The predicted molar refractivity (Wildman–Crippen MR) is 80.4 cm³/mol. The highest BCUT2D eigenvalue weighted by Crippen LogP contribution is 2.39. The smallest absolute Gasteiger partial charge is 0.135 e. The van der Waals surface area contributed by atoms with Gasteiger partial charge in [-0.25, -0.2) is 0 Å². The zero-order chi connectivity index (χ0) is 14.0. The molecule has 3 heteroatoms. The number of fused-ring (bicyclic) bond motifs is 1. The third-order valence-electron chi connectivity index (χ3n) is 4.93. The van der Waals surface area contributed by atoms with Gasteiger partial charge in [0.2, 0.25) is 0 Å². The lowest BCUT2D eigenvalue weighted by Gasteiger charge is -2.43. The molecule has 0 saturated carbocycles. The van der Waals surface area contributed by atoms with Gasteiger partial charge < -0.3 is 4.90 Å². The van der Waals surface area contributed by atoms with Gasteiger partial charge in [-0.3, -0.25) is 4.90 Å². The summed E-state index contributed by atoms with van der Waals surface area (Å²) in [5.41, 5.74) is 2.25. The van der Waals surface area contributed by atoms with E-state index in [1.165, 1.54) is 17.5 Å². The van der Waals surface area contributed by atoms with Crippen LogP contribution in [0.3, 0.4) is 0 Å². The number of nitriles is 1. The van der Waals surface area contributed by atoms with Crippen molar-refractivity contribution in [1.82, 2.24) is 9.80 Å². The van der Waals surface area contributed by atoms with Crippen molar-refractivity contribution in [1.29, 1.82) is 5.26 Å². The largest absolute Gasteiger partial charge is 0.304 e. The normalized spacial score (nSPS) is 28.4. The molecular formula is C17H23N3. The predicted octanol–water partition coefficient (Wildman–Crippen LogP) is 2.38. The van der Waals surface area contributed by atoms with E-state index in [9.17, 15) is 5.26 Å². The van der Waals surface area contributed by atoms with E-state index in [-0.39, 0.29) is 0 Å². The van der Waals surface area contributed by atoms with E-state index in [0.717, 1.165) is 45.4 Å². The minimum atomic E-state index is -0.394. The Morgan fingerprint density at radius 1 is 1.10 bits per heavy atom. The van der Waals surface area contributed by atoms with Gasteiger partial charge in [-0.05, 0) is 43.9 Å². The van der Waals surface area contributed by atoms with Gasteiger partial charge in [-0.15, -0.1) is 0 Å². The van der Waals surface area contributed by atoms with Gasteiger partial charge in [-0.1, -0.05) is 24.3 Å². The molecule has 1 aromatic carbocycles. The average Bonchev–Trinajstić information content (AvgIpc) is 2.68. The van der Waals surface area contributed by atoms with Crippen LogP contribution in [0.2, 0.25) is 0 Å². The van der Waals surface area contributed by atoms with Gasteiger partial charge in [0.1, 0.15) is 5.54 Å². The number of hydrogen-bond donors (Lipinski definition) is 0. The maximum absolute atomic E-state index is 10.0. The maximum Gasteiger partial charge on any atom is 0.135 e. The molecule has 20 heavy (non-hydrogen) atoms. The minimum Gasteiger partial charge on any atom is -0.304 e. The number of rotatable bonds is 1. The Kier molecular flexibility index (Phi) is 3.78. The fourth-order valence-corrected chi connectivity index (χ4v) is 3.68. The summed E-state index contributed by atoms with van der Waals surface area (Å²) in [5.74, 6) is 0. The van der Waals surface area contributed by atoms with Crippen LogP contribution in [-0.4, -0.2) is 43.0 Å². The fraction of sp³-hybridized carbons (Fsp3) is 0.588. The van der Waals surface area contributed by atoms with Crippen LogP contribution in [-0.2, 0) is 12.0 Å². The first kappa shape index (κ1) is 13.6. The van der Waals surface area contributed by atoms with Crippen molar-refractivity contribution in [2.45, 2.75) is 31.2 Å². The highest BCUT2D eigenvalue weighted by Gasteiger charge is 2.41. The van der Waals surface area contributed by atoms with Crippen molar-refractivity contribution in [2.75, 3.05) is 33.2 Å². The van der Waals surface area contributed by atoms with Crippen molar-refractivity contribution in [3.05, 3.63) is 35.4 Å². The third-order valence-corrected chi connectivity index (χ3v) is 4.93. The van der Waals surface area contributed by atoms with Gasteiger partial charge >= 0.3 is 0 Å². The first-order valence-corrected chi connectivity index (χ1v) is 7.69. The topological polar surface area (TPSA) is 30.3 Å². The Morgan fingerprint density at radius 3 is 2.60 bits per heavy atom. The molecule has 0 spiro atoms. The van der Waals surface area contributed by atoms with Crippen LogP contribution in [0.1, 0.15) is 30.4 Å². The molecule has 1 aromatic rings. The highest BCUT2D eigenvalue weighted by molar-refractivity contribution is 5.40. The SMILES string of the molecule is CN1CCN(C2(C#N)CCCCc3ccccc32)CC1. The number of nitrogens with zero attached hydrogens (tertiary/aromatic N) is 3. The summed E-state index contributed by atoms with van der Waals surface area (Å²) in [7, 11) is 2.16. The van der Waals surface area contributed by atoms with Gasteiger partial charge in [0.05, 0.1) is 6.07 Å². The van der Waals surface area contributed by atoms with Gasteiger partial charge in [0.25, 0.3) is 0 Å². The summed E-state index contributed by atoms with van der Waals surface area (Å²) in [4.78, 5) is 4.78. The lowest BCUT2D eigenvalue weighted by Crippen LogP contribution is -2.54. The summed E-state index contributed by atoms with van der Waals surface area (Å²) in [6.07, 6.45) is 4.44. The van der Waals surface area contributed by atoms with E-state index in [4.69, 9.17) is 0 Å². The van der Waals surface area contributed by atoms with Gasteiger partial charge in [0, 0.05) is 26.2 Å². The van der Waals surface area contributed by atoms with Crippen molar-refractivity contribution in [2.24, 2.45) is 0 Å². The van der Waals surface area contributed by atoms with Crippen LogP contribution in [0.4, 0.5) is 0 Å². The van der Waals surface area contributed by atoms with Crippen molar-refractivity contribution < 1.29 is 0 Å². The third kappa shape index (κ3) is 2.24. The van der Waals surface area contributed by atoms with Crippen LogP contribution in [0, 0.1) is 11.3 Å². The molecule has 106 valence electrons. The Bertz CT molecular complexity index is 511. The lowest BCUT2D eigenvalue weighted by atomic mass is 9.83. The van der Waals surface area contributed by atoms with Crippen LogP contribution in [0.5, 0.6) is 0 Å². The molecule has 1 aliphatic carbocycles. The molecule has 0 amide bonds. The standard InChI is InChI=1S/C17H23N3/c1-19-10-12-20(13-11-19)17(14-18)9-5-4-7-15-6-2-3-8-16(15)17/h2-3,6,8H,4-5,7,9-13H2,1H3.